The highest BCUT2D eigenvalue weighted by atomic mass is 35.5. The number of nitrogens with two attached hydrogens (primary N) is 1. The number of halogens is 1. The summed E-state index contributed by atoms with van der Waals surface area (Å²) in [6.45, 7) is 0. The van der Waals surface area contributed by atoms with Crippen molar-refractivity contribution < 1.29 is 9.53 Å². The lowest BCUT2D eigenvalue weighted by Gasteiger charge is -2.72. The van der Waals surface area contributed by atoms with Gasteiger partial charge < -0.3 is 10.5 Å². The SMILES string of the molecule is COC(=O)C(N)C12CC(c3cccc(Cl)c3)(C1)C2. The summed E-state index contributed by atoms with van der Waals surface area (Å²) in [6.07, 6.45) is 2.91. The van der Waals surface area contributed by atoms with E-state index in [9.17, 15) is 4.79 Å². The van der Waals surface area contributed by atoms with Crippen molar-refractivity contribution in [1.82, 2.24) is 0 Å². The number of carbonyl (C=O) groups excluding carboxylic acids is 1. The number of methoxy groups -OCH3 is 1. The maximum absolute atomic E-state index is 11.5. The predicted octanol–water partition coefficient (Wildman–Crippen LogP) is 2.26. The molecule has 96 valence electrons. The van der Waals surface area contributed by atoms with E-state index in [1.54, 1.807) is 0 Å². The van der Waals surface area contributed by atoms with Gasteiger partial charge in [0.05, 0.1) is 7.11 Å². The monoisotopic (exact) mass is 265 g/mol. The third-order valence-electron chi connectivity index (χ3n) is 4.62. The van der Waals surface area contributed by atoms with Crippen LogP contribution < -0.4 is 5.73 Å². The standard InChI is InChI=1S/C14H16ClNO2/c1-18-12(17)11(16)14-6-13(7-14,8-14)9-3-2-4-10(15)5-9/h2-5,11H,6-8,16H2,1H3. The molecule has 18 heavy (non-hydrogen) atoms. The molecule has 0 aliphatic heterocycles. The highest BCUT2D eigenvalue weighted by Crippen LogP contribution is 2.74. The summed E-state index contributed by atoms with van der Waals surface area (Å²) < 4.78 is 4.73. The molecule has 2 bridgehead atoms. The summed E-state index contributed by atoms with van der Waals surface area (Å²) in [5, 5.41) is 0.767. The lowest BCUT2D eigenvalue weighted by atomic mass is 9.31. The first-order valence-corrected chi connectivity index (χ1v) is 6.49. The zero-order chi connectivity index (χ0) is 13.0. The van der Waals surface area contributed by atoms with Crippen molar-refractivity contribution in [3.8, 4) is 0 Å². The number of ether oxygens (including phenoxy) is 1. The molecule has 1 aromatic rings. The number of hydrogen-bond donors (Lipinski definition) is 1. The van der Waals surface area contributed by atoms with E-state index in [4.69, 9.17) is 22.1 Å². The van der Waals surface area contributed by atoms with Gasteiger partial charge in [0.2, 0.25) is 0 Å². The van der Waals surface area contributed by atoms with E-state index in [0.717, 1.165) is 24.3 Å². The summed E-state index contributed by atoms with van der Waals surface area (Å²) in [5.74, 6) is -0.297. The largest absolute Gasteiger partial charge is 0.468 e. The molecule has 4 rings (SSSR count). The van der Waals surface area contributed by atoms with Crippen LogP contribution in [0.1, 0.15) is 24.8 Å². The van der Waals surface area contributed by atoms with Gasteiger partial charge in [-0.1, -0.05) is 23.7 Å². The fourth-order valence-electron chi connectivity index (χ4n) is 3.70. The number of hydrogen-bond acceptors (Lipinski definition) is 3. The van der Waals surface area contributed by atoms with Crippen LogP contribution in [0.25, 0.3) is 0 Å². The second-order valence-electron chi connectivity index (χ2n) is 5.68. The van der Waals surface area contributed by atoms with Crippen LogP contribution in [-0.2, 0) is 14.9 Å². The lowest BCUT2D eigenvalue weighted by molar-refractivity contribution is -0.181. The molecule has 2 N–H and O–H groups in total. The quantitative estimate of drug-likeness (QED) is 0.853. The first kappa shape index (κ1) is 12.0. The molecule has 3 fully saturated rings. The van der Waals surface area contributed by atoms with Crippen molar-refractivity contribution >= 4 is 17.6 Å². The van der Waals surface area contributed by atoms with Crippen LogP contribution in [0.5, 0.6) is 0 Å². The molecule has 1 unspecified atom stereocenters. The summed E-state index contributed by atoms with van der Waals surface area (Å²) in [4.78, 5) is 11.5. The Morgan fingerprint density at radius 3 is 2.67 bits per heavy atom. The van der Waals surface area contributed by atoms with Gasteiger partial charge in [0, 0.05) is 5.02 Å². The number of esters is 1. The minimum Gasteiger partial charge on any atom is -0.468 e. The molecule has 3 aliphatic carbocycles. The Morgan fingerprint density at radius 1 is 1.44 bits per heavy atom. The maximum Gasteiger partial charge on any atom is 0.323 e. The van der Waals surface area contributed by atoms with Crippen molar-refractivity contribution in [2.75, 3.05) is 7.11 Å². The van der Waals surface area contributed by atoms with Crippen LogP contribution in [0.2, 0.25) is 5.02 Å². The zero-order valence-corrected chi connectivity index (χ0v) is 11.0. The minimum absolute atomic E-state index is 0.0323. The van der Waals surface area contributed by atoms with Gasteiger partial charge in [0.15, 0.2) is 0 Å². The predicted molar refractivity (Wildman–Crippen MR) is 69.4 cm³/mol. The minimum atomic E-state index is -0.483. The topological polar surface area (TPSA) is 52.3 Å². The molecule has 0 heterocycles. The highest BCUT2D eigenvalue weighted by molar-refractivity contribution is 6.30. The average molecular weight is 266 g/mol. The van der Waals surface area contributed by atoms with Gasteiger partial charge in [-0.05, 0) is 47.8 Å². The van der Waals surface area contributed by atoms with Gasteiger partial charge >= 0.3 is 5.97 Å². The van der Waals surface area contributed by atoms with Gasteiger partial charge in [0.25, 0.3) is 0 Å². The fraction of sp³-hybridized carbons (Fsp3) is 0.500. The van der Waals surface area contributed by atoms with E-state index in [1.165, 1.54) is 12.7 Å². The molecule has 0 radical (unpaired) electrons. The van der Waals surface area contributed by atoms with Crippen molar-refractivity contribution in [2.45, 2.75) is 30.7 Å². The van der Waals surface area contributed by atoms with E-state index < -0.39 is 6.04 Å². The average Bonchev–Trinajstić information content (AvgIpc) is 2.24. The second kappa shape index (κ2) is 3.72. The van der Waals surface area contributed by atoms with E-state index in [0.29, 0.717) is 0 Å². The van der Waals surface area contributed by atoms with Crippen LogP contribution in [-0.4, -0.2) is 19.1 Å². The Labute approximate surface area is 111 Å². The van der Waals surface area contributed by atoms with Crippen LogP contribution in [0.4, 0.5) is 0 Å². The lowest BCUT2D eigenvalue weighted by Crippen LogP contribution is -2.72. The molecule has 1 atom stereocenters. The van der Waals surface area contributed by atoms with Crippen molar-refractivity contribution in [1.29, 1.82) is 0 Å². The number of benzene rings is 1. The van der Waals surface area contributed by atoms with Crippen molar-refractivity contribution in [2.24, 2.45) is 11.1 Å². The molecule has 0 amide bonds. The van der Waals surface area contributed by atoms with Gasteiger partial charge in [0.1, 0.15) is 6.04 Å². The molecule has 0 aromatic heterocycles. The summed E-state index contributed by atoms with van der Waals surface area (Å²) in [6, 6.07) is 7.51. The molecule has 0 saturated heterocycles. The molecular weight excluding hydrogens is 250 g/mol. The Kier molecular flexibility index (Phi) is 2.48. The van der Waals surface area contributed by atoms with Gasteiger partial charge in [-0.15, -0.1) is 0 Å². The normalized spacial score (nSPS) is 34.2. The van der Waals surface area contributed by atoms with Gasteiger partial charge in [-0.3, -0.25) is 4.79 Å². The first-order chi connectivity index (χ1) is 8.51. The summed E-state index contributed by atoms with van der Waals surface area (Å²) >= 11 is 6.02. The van der Waals surface area contributed by atoms with Gasteiger partial charge in [-0.2, -0.15) is 0 Å². The smallest absolute Gasteiger partial charge is 0.323 e. The Hall–Kier alpha value is -1.06. The molecule has 3 aliphatic rings. The highest BCUT2D eigenvalue weighted by Gasteiger charge is 2.71. The molecule has 0 spiro atoms. The van der Waals surface area contributed by atoms with E-state index in [1.807, 2.05) is 18.2 Å². The molecular formula is C14H16ClNO2. The Balaban J connectivity index is 1.75. The maximum atomic E-state index is 11.5. The summed E-state index contributed by atoms with van der Waals surface area (Å²) in [7, 11) is 1.39. The van der Waals surface area contributed by atoms with Crippen LogP contribution in [0.3, 0.4) is 0 Å². The first-order valence-electron chi connectivity index (χ1n) is 6.11. The molecule has 4 heteroatoms. The molecule has 3 nitrogen and oxygen atoms in total. The third kappa shape index (κ3) is 1.44. The number of rotatable bonds is 3. The fourth-order valence-corrected chi connectivity index (χ4v) is 3.89. The Bertz CT molecular complexity index is 494. The van der Waals surface area contributed by atoms with Crippen LogP contribution >= 0.6 is 11.6 Å². The molecule has 3 saturated carbocycles. The van der Waals surface area contributed by atoms with Crippen molar-refractivity contribution in [3.05, 3.63) is 34.9 Å². The number of carbonyl (C=O) groups is 1. The summed E-state index contributed by atoms with van der Waals surface area (Å²) in [5.41, 5.74) is 7.42. The van der Waals surface area contributed by atoms with E-state index in [-0.39, 0.29) is 16.8 Å². The molecule has 1 aromatic carbocycles. The zero-order valence-electron chi connectivity index (χ0n) is 10.3. The third-order valence-corrected chi connectivity index (χ3v) is 4.86. The van der Waals surface area contributed by atoms with E-state index >= 15 is 0 Å². The van der Waals surface area contributed by atoms with Crippen molar-refractivity contribution in [3.63, 3.8) is 0 Å². The Morgan fingerprint density at radius 2 is 2.11 bits per heavy atom. The second-order valence-corrected chi connectivity index (χ2v) is 6.12. The van der Waals surface area contributed by atoms with E-state index in [2.05, 4.69) is 6.07 Å². The van der Waals surface area contributed by atoms with Crippen LogP contribution in [0.15, 0.2) is 24.3 Å². The van der Waals surface area contributed by atoms with Crippen LogP contribution in [0, 0.1) is 5.41 Å². The van der Waals surface area contributed by atoms with Gasteiger partial charge in [-0.25, -0.2) is 0 Å².